The molecule has 0 radical (unpaired) electrons. The van der Waals surface area contributed by atoms with Crippen molar-refractivity contribution in [1.82, 2.24) is 4.90 Å². The van der Waals surface area contributed by atoms with Gasteiger partial charge in [-0.3, -0.25) is 4.90 Å². The van der Waals surface area contributed by atoms with E-state index in [4.69, 9.17) is 15.2 Å². The van der Waals surface area contributed by atoms with Gasteiger partial charge in [-0.15, -0.1) is 0 Å². The summed E-state index contributed by atoms with van der Waals surface area (Å²) >= 11 is 0. The van der Waals surface area contributed by atoms with Crippen LogP contribution in [-0.2, 0) is 0 Å². The molecule has 3 rings (SSSR count). The van der Waals surface area contributed by atoms with Gasteiger partial charge in [0.2, 0.25) is 6.79 Å². The molecule has 4 heteroatoms. The Morgan fingerprint density at radius 2 is 2.11 bits per heavy atom. The summed E-state index contributed by atoms with van der Waals surface area (Å²) in [5.74, 6) is 1.68. The van der Waals surface area contributed by atoms with Crippen LogP contribution in [0.5, 0.6) is 11.5 Å². The van der Waals surface area contributed by atoms with Crippen LogP contribution in [0.2, 0.25) is 0 Å². The van der Waals surface area contributed by atoms with Gasteiger partial charge in [-0.25, -0.2) is 0 Å². The Kier molecular flexibility index (Phi) is 3.15. The Balaban J connectivity index is 1.83. The molecule has 1 aromatic rings. The van der Waals surface area contributed by atoms with Gasteiger partial charge in [-0.2, -0.15) is 0 Å². The lowest BCUT2D eigenvalue weighted by Gasteiger charge is -2.28. The molecule has 0 aliphatic carbocycles. The highest BCUT2D eigenvalue weighted by Crippen LogP contribution is 2.38. The highest BCUT2D eigenvalue weighted by atomic mass is 16.7. The van der Waals surface area contributed by atoms with Crippen LogP contribution in [0.4, 0.5) is 0 Å². The quantitative estimate of drug-likeness (QED) is 0.906. The smallest absolute Gasteiger partial charge is 0.231 e. The van der Waals surface area contributed by atoms with E-state index in [0.717, 1.165) is 24.6 Å². The van der Waals surface area contributed by atoms with Crippen LogP contribution in [-0.4, -0.2) is 31.3 Å². The molecule has 0 spiro atoms. The fourth-order valence-corrected chi connectivity index (χ4v) is 3.04. The molecule has 0 saturated carbocycles. The fourth-order valence-electron chi connectivity index (χ4n) is 3.04. The van der Waals surface area contributed by atoms with E-state index in [-0.39, 0.29) is 6.04 Å². The zero-order valence-corrected chi connectivity index (χ0v) is 11.7. The van der Waals surface area contributed by atoms with Crippen molar-refractivity contribution < 1.29 is 9.47 Å². The molecule has 2 aliphatic heterocycles. The average molecular weight is 262 g/mol. The monoisotopic (exact) mass is 262 g/mol. The molecule has 1 unspecified atom stereocenters. The standard InChI is InChI=1S/C15H22N2O2/c1-15(2)5-6-17(9-15)12(8-16)11-3-4-13-14(7-11)19-10-18-13/h3-4,7,12H,5-6,8-10,16H2,1-2H3. The van der Waals surface area contributed by atoms with E-state index < -0.39 is 0 Å². The van der Waals surface area contributed by atoms with Crippen LogP contribution >= 0.6 is 0 Å². The molecular weight excluding hydrogens is 240 g/mol. The first-order chi connectivity index (χ1) is 9.09. The second kappa shape index (κ2) is 4.69. The van der Waals surface area contributed by atoms with Crippen molar-refractivity contribution in [1.29, 1.82) is 0 Å². The predicted octanol–water partition coefficient (Wildman–Crippen LogP) is 2.15. The summed E-state index contributed by atoms with van der Waals surface area (Å²) in [6.45, 7) is 7.81. The summed E-state index contributed by atoms with van der Waals surface area (Å²) < 4.78 is 10.8. The Labute approximate surface area is 114 Å². The Bertz CT molecular complexity index is 473. The minimum absolute atomic E-state index is 0.274. The maximum absolute atomic E-state index is 6.00. The molecule has 2 N–H and O–H groups in total. The number of hydrogen-bond donors (Lipinski definition) is 1. The van der Waals surface area contributed by atoms with Crippen LogP contribution < -0.4 is 15.2 Å². The first-order valence-corrected chi connectivity index (χ1v) is 6.93. The molecule has 1 saturated heterocycles. The van der Waals surface area contributed by atoms with Crippen molar-refractivity contribution in [3.63, 3.8) is 0 Å². The second-order valence-corrected chi connectivity index (χ2v) is 6.25. The van der Waals surface area contributed by atoms with E-state index >= 15 is 0 Å². The van der Waals surface area contributed by atoms with Crippen LogP contribution in [0.3, 0.4) is 0 Å². The molecular formula is C15H22N2O2. The zero-order chi connectivity index (χ0) is 13.5. The minimum Gasteiger partial charge on any atom is -0.454 e. The maximum atomic E-state index is 6.00. The molecule has 1 aromatic carbocycles. The normalized spacial score (nSPS) is 22.7. The fraction of sp³-hybridized carbons (Fsp3) is 0.600. The number of benzene rings is 1. The molecule has 0 amide bonds. The van der Waals surface area contributed by atoms with Gasteiger partial charge < -0.3 is 15.2 Å². The third kappa shape index (κ3) is 2.42. The first kappa shape index (κ1) is 12.8. The molecule has 2 heterocycles. The van der Waals surface area contributed by atoms with E-state index in [9.17, 15) is 0 Å². The van der Waals surface area contributed by atoms with Gasteiger partial charge in [0.1, 0.15) is 0 Å². The number of hydrogen-bond acceptors (Lipinski definition) is 4. The van der Waals surface area contributed by atoms with Gasteiger partial charge in [0.05, 0.1) is 0 Å². The summed E-state index contributed by atoms with van der Waals surface area (Å²) in [4.78, 5) is 2.48. The SMILES string of the molecule is CC1(C)CCN(C(CN)c2ccc3c(c2)OCO3)C1. The topological polar surface area (TPSA) is 47.7 Å². The van der Waals surface area contributed by atoms with Gasteiger partial charge in [-0.1, -0.05) is 19.9 Å². The highest BCUT2D eigenvalue weighted by Gasteiger charge is 2.33. The second-order valence-electron chi connectivity index (χ2n) is 6.25. The summed E-state index contributed by atoms with van der Waals surface area (Å²) in [6, 6.07) is 6.44. The third-order valence-electron chi connectivity index (χ3n) is 4.15. The van der Waals surface area contributed by atoms with Crippen LogP contribution in [0.15, 0.2) is 18.2 Å². The minimum atomic E-state index is 0.274. The predicted molar refractivity (Wildman–Crippen MR) is 74.3 cm³/mol. The van der Waals surface area contributed by atoms with Crippen molar-refractivity contribution in [3.05, 3.63) is 23.8 Å². The number of ether oxygens (including phenoxy) is 2. The Hall–Kier alpha value is -1.26. The number of nitrogens with zero attached hydrogens (tertiary/aromatic N) is 1. The van der Waals surface area contributed by atoms with Gasteiger partial charge in [0.25, 0.3) is 0 Å². The Morgan fingerprint density at radius 1 is 1.32 bits per heavy atom. The van der Waals surface area contributed by atoms with Crippen LogP contribution in [0.1, 0.15) is 31.9 Å². The summed E-state index contributed by atoms with van der Waals surface area (Å²) in [7, 11) is 0. The molecule has 1 fully saturated rings. The third-order valence-corrected chi connectivity index (χ3v) is 4.15. The van der Waals surface area contributed by atoms with Gasteiger partial charge >= 0.3 is 0 Å². The Morgan fingerprint density at radius 3 is 2.79 bits per heavy atom. The lowest BCUT2D eigenvalue weighted by molar-refractivity contribution is 0.173. The largest absolute Gasteiger partial charge is 0.454 e. The van der Waals surface area contributed by atoms with Crippen molar-refractivity contribution >= 4 is 0 Å². The van der Waals surface area contributed by atoms with Crippen LogP contribution in [0.25, 0.3) is 0 Å². The average Bonchev–Trinajstić information content (AvgIpc) is 2.96. The zero-order valence-electron chi connectivity index (χ0n) is 11.7. The lowest BCUT2D eigenvalue weighted by Crippen LogP contribution is -2.33. The number of fused-ring (bicyclic) bond motifs is 1. The van der Waals surface area contributed by atoms with Gasteiger partial charge in [0.15, 0.2) is 11.5 Å². The van der Waals surface area contributed by atoms with Crippen molar-refractivity contribution in [2.24, 2.45) is 11.1 Å². The highest BCUT2D eigenvalue weighted by molar-refractivity contribution is 5.45. The molecule has 0 bridgehead atoms. The van der Waals surface area contributed by atoms with Crippen molar-refractivity contribution in [3.8, 4) is 11.5 Å². The molecule has 2 aliphatic rings. The number of nitrogens with two attached hydrogens (primary N) is 1. The van der Waals surface area contributed by atoms with E-state index in [1.54, 1.807) is 0 Å². The summed E-state index contributed by atoms with van der Waals surface area (Å²) in [6.07, 6.45) is 1.23. The van der Waals surface area contributed by atoms with Gasteiger partial charge in [-0.05, 0) is 36.1 Å². The maximum Gasteiger partial charge on any atom is 0.231 e. The van der Waals surface area contributed by atoms with Gasteiger partial charge in [0, 0.05) is 19.1 Å². The van der Waals surface area contributed by atoms with E-state index in [1.807, 2.05) is 6.07 Å². The number of likely N-dealkylation sites (tertiary alicyclic amines) is 1. The molecule has 19 heavy (non-hydrogen) atoms. The van der Waals surface area contributed by atoms with Crippen molar-refractivity contribution in [2.75, 3.05) is 26.4 Å². The number of rotatable bonds is 3. The van der Waals surface area contributed by atoms with E-state index in [0.29, 0.717) is 18.8 Å². The molecule has 1 atom stereocenters. The van der Waals surface area contributed by atoms with E-state index in [2.05, 4.69) is 30.9 Å². The molecule has 104 valence electrons. The lowest BCUT2D eigenvalue weighted by atomic mass is 9.93. The van der Waals surface area contributed by atoms with E-state index in [1.165, 1.54) is 12.0 Å². The summed E-state index contributed by atoms with van der Waals surface area (Å²) in [5, 5.41) is 0. The van der Waals surface area contributed by atoms with Crippen LogP contribution in [0, 0.1) is 5.41 Å². The van der Waals surface area contributed by atoms with Crippen molar-refractivity contribution in [2.45, 2.75) is 26.3 Å². The molecule has 0 aromatic heterocycles. The molecule has 4 nitrogen and oxygen atoms in total. The summed E-state index contributed by atoms with van der Waals surface area (Å²) in [5.41, 5.74) is 7.62. The first-order valence-electron chi connectivity index (χ1n) is 6.93.